The Bertz CT molecular complexity index is 1090. The maximum Gasteiger partial charge on any atom is 0.155 e. The lowest BCUT2D eigenvalue weighted by atomic mass is 9.93. The van der Waals surface area contributed by atoms with Crippen molar-refractivity contribution < 1.29 is 4.39 Å². The average Bonchev–Trinajstić information content (AvgIpc) is 3.20. The van der Waals surface area contributed by atoms with Crippen LogP contribution in [0.15, 0.2) is 36.8 Å². The van der Waals surface area contributed by atoms with Gasteiger partial charge < -0.3 is 0 Å². The van der Waals surface area contributed by atoms with Crippen molar-refractivity contribution in [2.75, 3.05) is 0 Å². The molecule has 6 nitrogen and oxygen atoms in total. The molecule has 0 aromatic carbocycles. The quantitative estimate of drug-likeness (QED) is 0.606. The van der Waals surface area contributed by atoms with Crippen LogP contribution in [0.3, 0.4) is 0 Å². The molecule has 0 saturated heterocycles. The first kappa shape index (κ1) is 15.2. The van der Waals surface area contributed by atoms with Crippen molar-refractivity contribution in [3.05, 3.63) is 48.3 Å². The summed E-state index contributed by atoms with van der Waals surface area (Å²) >= 11 is 0. The minimum atomic E-state index is -0.356. The van der Waals surface area contributed by atoms with E-state index in [2.05, 4.69) is 26.4 Å². The Kier molecular flexibility index (Phi) is 3.34. The van der Waals surface area contributed by atoms with Gasteiger partial charge in [-0.3, -0.25) is 14.8 Å². The number of nitrogens with zero attached hydrogens (tertiary/aromatic N) is 5. The first-order chi connectivity index (χ1) is 12.7. The molecule has 4 aromatic rings. The molecule has 0 radical (unpaired) electrons. The van der Waals surface area contributed by atoms with Gasteiger partial charge in [0.2, 0.25) is 0 Å². The van der Waals surface area contributed by atoms with Crippen molar-refractivity contribution in [3.63, 3.8) is 0 Å². The van der Waals surface area contributed by atoms with Crippen molar-refractivity contribution in [2.45, 2.75) is 32.2 Å². The highest BCUT2D eigenvalue weighted by atomic mass is 19.1. The normalized spacial score (nSPS) is 14.7. The van der Waals surface area contributed by atoms with E-state index < -0.39 is 0 Å². The largest absolute Gasteiger partial charge is 0.268 e. The van der Waals surface area contributed by atoms with Gasteiger partial charge in [-0.1, -0.05) is 0 Å². The van der Waals surface area contributed by atoms with Gasteiger partial charge in [0, 0.05) is 22.8 Å². The number of aromatic nitrogens is 6. The first-order valence-corrected chi connectivity index (χ1v) is 8.71. The summed E-state index contributed by atoms with van der Waals surface area (Å²) in [4.78, 5) is 8.75. The van der Waals surface area contributed by atoms with E-state index in [1.165, 1.54) is 18.7 Å². The van der Waals surface area contributed by atoms with Crippen LogP contribution in [0.25, 0.3) is 33.5 Å². The van der Waals surface area contributed by atoms with Crippen molar-refractivity contribution in [1.82, 2.24) is 29.9 Å². The average molecular weight is 348 g/mol. The van der Waals surface area contributed by atoms with E-state index >= 15 is 0 Å². The number of halogens is 1. The van der Waals surface area contributed by atoms with E-state index in [-0.39, 0.29) is 5.82 Å². The molecule has 4 heterocycles. The molecule has 0 spiro atoms. The summed E-state index contributed by atoms with van der Waals surface area (Å²) in [7, 11) is 0. The predicted molar refractivity (Wildman–Crippen MR) is 95.9 cm³/mol. The number of fused-ring (bicyclic) bond motifs is 1. The molecule has 1 fully saturated rings. The Morgan fingerprint density at radius 3 is 2.81 bits per heavy atom. The maximum absolute atomic E-state index is 13.3. The number of pyridine rings is 2. The third kappa shape index (κ3) is 2.39. The fourth-order valence-electron chi connectivity index (χ4n) is 3.41. The molecule has 26 heavy (non-hydrogen) atoms. The third-order valence-corrected chi connectivity index (χ3v) is 4.99. The second-order valence-corrected chi connectivity index (χ2v) is 6.76. The summed E-state index contributed by atoms with van der Waals surface area (Å²) in [5.41, 5.74) is 5.03. The van der Waals surface area contributed by atoms with Crippen LogP contribution in [-0.4, -0.2) is 29.9 Å². The minimum Gasteiger partial charge on any atom is -0.268 e. The highest BCUT2D eigenvalue weighted by Crippen LogP contribution is 2.38. The zero-order valence-electron chi connectivity index (χ0n) is 14.3. The Morgan fingerprint density at radius 1 is 1.19 bits per heavy atom. The van der Waals surface area contributed by atoms with Crippen LogP contribution in [0.4, 0.5) is 4.39 Å². The number of aromatic amines is 1. The Balaban J connectivity index is 1.75. The van der Waals surface area contributed by atoms with Crippen LogP contribution in [-0.2, 0) is 0 Å². The molecule has 0 bridgehead atoms. The fourth-order valence-corrected chi connectivity index (χ4v) is 3.41. The molecule has 1 saturated carbocycles. The van der Waals surface area contributed by atoms with Crippen LogP contribution in [0.2, 0.25) is 0 Å². The summed E-state index contributed by atoms with van der Waals surface area (Å²) in [5, 5.41) is 12.8. The lowest BCUT2D eigenvalue weighted by molar-refractivity contribution is 0.290. The van der Waals surface area contributed by atoms with Crippen molar-refractivity contribution in [2.24, 2.45) is 0 Å². The van der Waals surface area contributed by atoms with E-state index in [0.717, 1.165) is 46.4 Å². The summed E-state index contributed by atoms with van der Waals surface area (Å²) in [6.07, 6.45) is 8.57. The SMILES string of the molecule is Cc1cc(-c2cn(C3CCC3)nc2-c2ccc(F)cn2)c2cn[nH]c2n1. The molecule has 7 heteroatoms. The van der Waals surface area contributed by atoms with Gasteiger partial charge in [-0.05, 0) is 49.9 Å². The van der Waals surface area contributed by atoms with Crippen molar-refractivity contribution in [1.29, 1.82) is 0 Å². The van der Waals surface area contributed by atoms with Gasteiger partial charge in [-0.25, -0.2) is 9.37 Å². The molecule has 0 unspecified atom stereocenters. The molecule has 130 valence electrons. The van der Waals surface area contributed by atoms with E-state index in [4.69, 9.17) is 5.10 Å². The summed E-state index contributed by atoms with van der Waals surface area (Å²) in [6, 6.07) is 5.55. The minimum absolute atomic E-state index is 0.356. The Hall–Kier alpha value is -3.09. The molecular formula is C19H17FN6. The number of hydrogen-bond donors (Lipinski definition) is 1. The van der Waals surface area contributed by atoms with Crippen LogP contribution < -0.4 is 0 Å². The molecule has 4 aromatic heterocycles. The number of nitrogens with one attached hydrogen (secondary N) is 1. The molecule has 1 aliphatic rings. The molecule has 1 aliphatic carbocycles. The maximum atomic E-state index is 13.3. The van der Waals surface area contributed by atoms with Gasteiger partial charge in [0.1, 0.15) is 11.5 Å². The fraction of sp³-hybridized carbons (Fsp3) is 0.263. The van der Waals surface area contributed by atoms with Gasteiger partial charge in [-0.2, -0.15) is 10.2 Å². The number of hydrogen-bond acceptors (Lipinski definition) is 4. The Morgan fingerprint density at radius 2 is 2.08 bits per heavy atom. The second-order valence-electron chi connectivity index (χ2n) is 6.76. The lowest BCUT2D eigenvalue weighted by Crippen LogP contribution is -2.17. The van der Waals surface area contributed by atoms with Crippen molar-refractivity contribution in [3.8, 4) is 22.5 Å². The summed E-state index contributed by atoms with van der Waals surface area (Å²) < 4.78 is 15.4. The van der Waals surface area contributed by atoms with E-state index in [0.29, 0.717) is 11.7 Å². The molecule has 1 N–H and O–H groups in total. The van der Waals surface area contributed by atoms with Crippen LogP contribution >= 0.6 is 0 Å². The molecule has 0 amide bonds. The monoisotopic (exact) mass is 348 g/mol. The summed E-state index contributed by atoms with van der Waals surface area (Å²) in [5.74, 6) is -0.356. The van der Waals surface area contributed by atoms with Crippen LogP contribution in [0.1, 0.15) is 31.0 Å². The van der Waals surface area contributed by atoms with E-state index in [9.17, 15) is 4.39 Å². The van der Waals surface area contributed by atoms with Gasteiger partial charge >= 0.3 is 0 Å². The zero-order valence-corrected chi connectivity index (χ0v) is 14.3. The number of H-pyrrole nitrogens is 1. The van der Waals surface area contributed by atoms with Gasteiger partial charge in [0.25, 0.3) is 0 Å². The smallest absolute Gasteiger partial charge is 0.155 e. The standard InChI is InChI=1S/C19H17FN6/c1-11-7-14(15-9-22-24-19(15)23-11)16-10-26(13-3-2-4-13)25-18(16)17-6-5-12(20)8-21-17/h5-10,13H,2-4H2,1H3,(H,22,23,24). The second kappa shape index (κ2) is 5.72. The highest BCUT2D eigenvalue weighted by Gasteiger charge is 2.24. The molecule has 0 aliphatic heterocycles. The molecular weight excluding hydrogens is 331 g/mol. The Labute approximate surface area is 149 Å². The number of aryl methyl sites for hydroxylation is 1. The zero-order chi connectivity index (χ0) is 17.7. The van der Waals surface area contributed by atoms with Gasteiger partial charge in [0.15, 0.2) is 5.65 Å². The lowest BCUT2D eigenvalue weighted by Gasteiger charge is -2.25. The predicted octanol–water partition coefficient (Wildman–Crippen LogP) is 4.06. The first-order valence-electron chi connectivity index (χ1n) is 8.71. The molecule has 0 atom stereocenters. The third-order valence-electron chi connectivity index (χ3n) is 4.99. The van der Waals surface area contributed by atoms with Crippen molar-refractivity contribution >= 4 is 11.0 Å². The van der Waals surface area contributed by atoms with Gasteiger partial charge in [-0.15, -0.1) is 0 Å². The van der Waals surface area contributed by atoms with E-state index in [1.54, 1.807) is 12.3 Å². The highest BCUT2D eigenvalue weighted by molar-refractivity contribution is 5.96. The van der Waals surface area contributed by atoms with Gasteiger partial charge in [0.05, 0.1) is 24.1 Å². The number of rotatable bonds is 3. The van der Waals surface area contributed by atoms with Crippen LogP contribution in [0.5, 0.6) is 0 Å². The van der Waals surface area contributed by atoms with Crippen LogP contribution in [0, 0.1) is 12.7 Å². The van der Waals surface area contributed by atoms with E-state index in [1.807, 2.05) is 17.7 Å². The molecule has 5 rings (SSSR count). The summed E-state index contributed by atoms with van der Waals surface area (Å²) in [6.45, 7) is 1.95. The topological polar surface area (TPSA) is 72.3 Å².